The summed E-state index contributed by atoms with van der Waals surface area (Å²) in [4.78, 5) is 25.6. The summed E-state index contributed by atoms with van der Waals surface area (Å²) in [6.45, 7) is 1.73. The molecule has 0 spiro atoms. The second-order valence-corrected chi connectivity index (χ2v) is 6.32. The third-order valence-electron chi connectivity index (χ3n) is 4.59. The number of hydrogen-bond acceptors (Lipinski definition) is 4. The van der Waals surface area contributed by atoms with E-state index in [0.717, 1.165) is 32.3 Å². The third kappa shape index (κ3) is 3.87. The molecule has 0 unspecified atom stereocenters. The number of amides is 1. The number of carbonyl (C=O) groups excluding carboxylic acids is 1. The molecule has 130 valence electrons. The van der Waals surface area contributed by atoms with Crippen LogP contribution in [0.4, 0.5) is 0 Å². The molecule has 2 fully saturated rings. The van der Waals surface area contributed by atoms with E-state index in [4.69, 9.17) is 9.47 Å². The van der Waals surface area contributed by atoms with Gasteiger partial charge in [0.05, 0.1) is 6.10 Å². The van der Waals surface area contributed by atoms with E-state index >= 15 is 0 Å². The van der Waals surface area contributed by atoms with Crippen molar-refractivity contribution in [2.75, 3.05) is 19.8 Å². The van der Waals surface area contributed by atoms with E-state index in [2.05, 4.69) is 0 Å². The highest BCUT2D eigenvalue weighted by atomic mass is 16.5. The minimum Gasteiger partial charge on any atom is -0.491 e. The molecule has 24 heavy (non-hydrogen) atoms. The average molecular weight is 333 g/mol. The molecular weight excluding hydrogens is 310 g/mol. The molecular formula is C18H23NO5. The molecule has 2 heterocycles. The summed E-state index contributed by atoms with van der Waals surface area (Å²) in [7, 11) is 0. The zero-order chi connectivity index (χ0) is 16.9. The summed E-state index contributed by atoms with van der Waals surface area (Å²) in [5, 5.41) is 9.33. The smallest absolute Gasteiger partial charge is 0.326 e. The Morgan fingerprint density at radius 1 is 1.25 bits per heavy atom. The number of likely N-dealkylation sites (tertiary alicyclic amines) is 1. The Hall–Kier alpha value is -2.08. The predicted molar refractivity (Wildman–Crippen MR) is 87.2 cm³/mol. The van der Waals surface area contributed by atoms with Crippen LogP contribution in [-0.2, 0) is 9.53 Å². The first-order valence-electron chi connectivity index (χ1n) is 8.53. The van der Waals surface area contributed by atoms with Crippen LogP contribution < -0.4 is 4.74 Å². The Labute approximate surface area is 141 Å². The summed E-state index contributed by atoms with van der Waals surface area (Å²) in [5.41, 5.74) is 0.466. The maximum absolute atomic E-state index is 12.7. The van der Waals surface area contributed by atoms with Gasteiger partial charge in [0.15, 0.2) is 0 Å². The number of carboxylic acid groups (broad SMARTS) is 1. The molecule has 0 aliphatic carbocycles. The van der Waals surface area contributed by atoms with Crippen LogP contribution in [0.3, 0.4) is 0 Å². The first-order chi connectivity index (χ1) is 11.6. The number of carbonyl (C=O) groups is 2. The molecule has 1 aromatic rings. The predicted octanol–water partition coefficient (Wildman–Crippen LogP) is 2.32. The van der Waals surface area contributed by atoms with Crippen molar-refractivity contribution in [1.29, 1.82) is 0 Å². The maximum atomic E-state index is 12.7. The fraction of sp³-hybridized carbons (Fsp3) is 0.556. The molecule has 6 nitrogen and oxygen atoms in total. The van der Waals surface area contributed by atoms with Crippen LogP contribution >= 0.6 is 0 Å². The van der Waals surface area contributed by atoms with Crippen molar-refractivity contribution in [3.8, 4) is 5.75 Å². The molecule has 0 bridgehead atoms. The highest BCUT2D eigenvalue weighted by molar-refractivity contribution is 5.97. The SMILES string of the molecule is O=C(O)[C@@H]1CCCCN1C(=O)c1cccc(OC[C@H]2CCCO2)c1. The Balaban J connectivity index is 1.67. The second kappa shape index (κ2) is 7.66. The van der Waals surface area contributed by atoms with E-state index in [1.807, 2.05) is 0 Å². The van der Waals surface area contributed by atoms with Gasteiger partial charge in [-0.1, -0.05) is 6.07 Å². The van der Waals surface area contributed by atoms with E-state index in [1.165, 1.54) is 4.90 Å². The largest absolute Gasteiger partial charge is 0.491 e. The lowest BCUT2D eigenvalue weighted by Crippen LogP contribution is -2.47. The molecule has 6 heteroatoms. The van der Waals surface area contributed by atoms with Gasteiger partial charge in [0.2, 0.25) is 0 Å². The number of ether oxygens (including phenoxy) is 2. The summed E-state index contributed by atoms with van der Waals surface area (Å²) < 4.78 is 11.3. The number of rotatable bonds is 5. The summed E-state index contributed by atoms with van der Waals surface area (Å²) >= 11 is 0. The lowest BCUT2D eigenvalue weighted by atomic mass is 10.0. The van der Waals surface area contributed by atoms with Crippen LogP contribution in [0.5, 0.6) is 5.75 Å². The summed E-state index contributed by atoms with van der Waals surface area (Å²) in [5.74, 6) is -0.571. The monoisotopic (exact) mass is 333 g/mol. The Bertz CT molecular complexity index is 597. The zero-order valence-electron chi connectivity index (χ0n) is 13.6. The fourth-order valence-corrected chi connectivity index (χ4v) is 3.28. The number of carboxylic acids is 1. The van der Waals surface area contributed by atoms with Crippen molar-refractivity contribution in [3.05, 3.63) is 29.8 Å². The van der Waals surface area contributed by atoms with Gasteiger partial charge in [-0.25, -0.2) is 4.79 Å². The number of nitrogens with zero attached hydrogens (tertiary/aromatic N) is 1. The van der Waals surface area contributed by atoms with Gasteiger partial charge < -0.3 is 19.5 Å². The van der Waals surface area contributed by atoms with Gasteiger partial charge in [0.25, 0.3) is 5.91 Å². The lowest BCUT2D eigenvalue weighted by molar-refractivity contribution is -0.143. The normalized spacial score (nSPS) is 23.9. The van der Waals surface area contributed by atoms with Crippen LogP contribution in [0.2, 0.25) is 0 Å². The van der Waals surface area contributed by atoms with Crippen LogP contribution in [0.1, 0.15) is 42.5 Å². The van der Waals surface area contributed by atoms with Crippen molar-refractivity contribution in [2.45, 2.75) is 44.2 Å². The molecule has 0 saturated carbocycles. The van der Waals surface area contributed by atoms with Crippen LogP contribution in [0, 0.1) is 0 Å². The van der Waals surface area contributed by atoms with E-state index in [9.17, 15) is 14.7 Å². The van der Waals surface area contributed by atoms with Crippen LogP contribution in [-0.4, -0.2) is 53.8 Å². The molecule has 1 N–H and O–H groups in total. The molecule has 0 aromatic heterocycles. The Morgan fingerprint density at radius 2 is 2.12 bits per heavy atom. The molecule has 1 aromatic carbocycles. The molecule has 0 radical (unpaired) electrons. The maximum Gasteiger partial charge on any atom is 0.326 e. The summed E-state index contributed by atoms with van der Waals surface area (Å²) in [6, 6.07) is 6.22. The van der Waals surface area contributed by atoms with Crippen molar-refractivity contribution >= 4 is 11.9 Å². The van der Waals surface area contributed by atoms with Gasteiger partial charge >= 0.3 is 5.97 Å². The van der Waals surface area contributed by atoms with Gasteiger partial charge in [-0.3, -0.25) is 4.79 Å². The topological polar surface area (TPSA) is 76.1 Å². The Morgan fingerprint density at radius 3 is 2.88 bits per heavy atom. The quantitative estimate of drug-likeness (QED) is 0.895. The van der Waals surface area contributed by atoms with Gasteiger partial charge in [-0.2, -0.15) is 0 Å². The van der Waals surface area contributed by atoms with Crippen LogP contribution in [0.25, 0.3) is 0 Å². The standard InChI is InChI=1S/C18H23NO5/c20-17(19-9-2-1-8-16(19)18(21)22)13-5-3-6-14(11-13)24-12-15-7-4-10-23-15/h3,5-6,11,15-16H,1-2,4,7-10,12H2,(H,21,22)/t15-,16+/m1/s1. The van der Waals surface area contributed by atoms with Crippen molar-refractivity contribution in [1.82, 2.24) is 4.90 Å². The second-order valence-electron chi connectivity index (χ2n) is 6.32. The number of aliphatic carboxylic acids is 1. The molecule has 2 saturated heterocycles. The molecule has 2 aliphatic rings. The first-order valence-corrected chi connectivity index (χ1v) is 8.53. The van der Waals surface area contributed by atoms with Gasteiger partial charge in [0, 0.05) is 18.7 Å². The first kappa shape index (κ1) is 16.8. The number of hydrogen-bond donors (Lipinski definition) is 1. The summed E-state index contributed by atoms with van der Waals surface area (Å²) in [6.07, 6.45) is 4.35. The fourth-order valence-electron chi connectivity index (χ4n) is 3.28. The molecule has 2 atom stereocenters. The highest BCUT2D eigenvalue weighted by Gasteiger charge is 2.32. The van der Waals surface area contributed by atoms with E-state index in [-0.39, 0.29) is 12.0 Å². The van der Waals surface area contributed by atoms with Gasteiger partial charge in [0.1, 0.15) is 18.4 Å². The molecule has 3 rings (SSSR count). The van der Waals surface area contributed by atoms with Crippen molar-refractivity contribution in [2.24, 2.45) is 0 Å². The van der Waals surface area contributed by atoms with E-state index in [0.29, 0.717) is 30.9 Å². The van der Waals surface area contributed by atoms with Gasteiger partial charge in [-0.15, -0.1) is 0 Å². The number of benzene rings is 1. The minimum atomic E-state index is -0.936. The molecule has 2 aliphatic heterocycles. The lowest BCUT2D eigenvalue weighted by Gasteiger charge is -2.33. The Kier molecular flexibility index (Phi) is 5.35. The van der Waals surface area contributed by atoms with E-state index < -0.39 is 12.0 Å². The highest BCUT2D eigenvalue weighted by Crippen LogP contribution is 2.22. The number of piperidine rings is 1. The van der Waals surface area contributed by atoms with Gasteiger partial charge in [-0.05, 0) is 50.3 Å². The average Bonchev–Trinajstić information content (AvgIpc) is 3.13. The minimum absolute atomic E-state index is 0.114. The van der Waals surface area contributed by atoms with E-state index in [1.54, 1.807) is 24.3 Å². The third-order valence-corrected chi connectivity index (χ3v) is 4.59. The zero-order valence-corrected chi connectivity index (χ0v) is 13.6. The molecule has 1 amide bonds. The van der Waals surface area contributed by atoms with Crippen molar-refractivity contribution < 1.29 is 24.2 Å². The van der Waals surface area contributed by atoms with Crippen LogP contribution in [0.15, 0.2) is 24.3 Å². The van der Waals surface area contributed by atoms with Crippen molar-refractivity contribution in [3.63, 3.8) is 0 Å².